The molecule has 1 saturated carbocycles. The molecular formula is C27H33N3O4. The van der Waals surface area contributed by atoms with E-state index in [2.05, 4.69) is 5.32 Å². The standard InChI is InChI=1S/C27H33N3O4/c31-25(32)17-23-19-29(18-21-12-6-2-7-13-21)26(33)24(16-20-10-4-1-5-11-20)30(23)27(34)28-22-14-8-3-9-15-22/h1-2,4-7,10-13,22-24H,3,8-9,14-19H2,(H,28,34)(H,31,32). The van der Waals surface area contributed by atoms with E-state index < -0.39 is 18.1 Å². The van der Waals surface area contributed by atoms with Crippen molar-refractivity contribution in [1.82, 2.24) is 15.1 Å². The number of nitrogens with one attached hydrogen (secondary N) is 1. The van der Waals surface area contributed by atoms with Crippen LogP contribution in [0.15, 0.2) is 60.7 Å². The Hall–Kier alpha value is -3.35. The molecule has 0 radical (unpaired) electrons. The Kier molecular flexibility index (Phi) is 7.83. The molecule has 2 aromatic rings. The third-order valence-electron chi connectivity index (χ3n) is 6.82. The van der Waals surface area contributed by atoms with Crippen molar-refractivity contribution in [3.8, 4) is 0 Å². The predicted molar refractivity (Wildman–Crippen MR) is 129 cm³/mol. The van der Waals surface area contributed by atoms with Crippen molar-refractivity contribution in [3.05, 3.63) is 71.8 Å². The van der Waals surface area contributed by atoms with E-state index in [1.165, 1.54) is 11.3 Å². The van der Waals surface area contributed by atoms with Gasteiger partial charge in [0.1, 0.15) is 6.04 Å². The van der Waals surface area contributed by atoms with E-state index in [-0.39, 0.29) is 30.9 Å². The van der Waals surface area contributed by atoms with Gasteiger partial charge in [-0.3, -0.25) is 9.59 Å². The normalized spacial score (nSPS) is 21.4. The molecule has 1 aliphatic heterocycles. The topological polar surface area (TPSA) is 90.0 Å². The smallest absolute Gasteiger partial charge is 0.318 e. The lowest BCUT2D eigenvalue weighted by Crippen LogP contribution is -2.66. The summed E-state index contributed by atoms with van der Waals surface area (Å²) in [5, 5.41) is 12.8. The number of carboxylic acids is 1. The highest BCUT2D eigenvalue weighted by Gasteiger charge is 2.44. The molecule has 0 aromatic heterocycles. The summed E-state index contributed by atoms with van der Waals surface area (Å²) in [6, 6.07) is 17.7. The van der Waals surface area contributed by atoms with Gasteiger partial charge in [-0.15, -0.1) is 0 Å². The zero-order valence-corrected chi connectivity index (χ0v) is 19.4. The number of aliphatic carboxylic acids is 1. The van der Waals surface area contributed by atoms with E-state index in [9.17, 15) is 19.5 Å². The van der Waals surface area contributed by atoms with Gasteiger partial charge in [0.25, 0.3) is 0 Å². The highest BCUT2D eigenvalue weighted by Crippen LogP contribution is 2.26. The van der Waals surface area contributed by atoms with Crippen LogP contribution in [0.4, 0.5) is 4.79 Å². The molecule has 7 heteroatoms. The van der Waals surface area contributed by atoms with Crippen LogP contribution in [0.1, 0.15) is 49.7 Å². The molecule has 2 aromatic carbocycles. The Morgan fingerprint density at radius 3 is 2.15 bits per heavy atom. The van der Waals surface area contributed by atoms with Crippen molar-refractivity contribution < 1.29 is 19.5 Å². The fourth-order valence-electron chi connectivity index (χ4n) is 5.15. The summed E-state index contributed by atoms with van der Waals surface area (Å²) < 4.78 is 0. The maximum Gasteiger partial charge on any atom is 0.318 e. The average molecular weight is 464 g/mol. The maximum atomic E-state index is 13.7. The predicted octanol–water partition coefficient (Wildman–Crippen LogP) is 3.83. The number of hydrogen-bond donors (Lipinski definition) is 2. The molecular weight excluding hydrogens is 430 g/mol. The molecule has 1 saturated heterocycles. The van der Waals surface area contributed by atoms with Crippen molar-refractivity contribution in [1.29, 1.82) is 0 Å². The molecule has 4 rings (SSSR count). The van der Waals surface area contributed by atoms with Gasteiger partial charge in [0.2, 0.25) is 5.91 Å². The molecule has 0 spiro atoms. The summed E-state index contributed by atoms with van der Waals surface area (Å²) >= 11 is 0. The van der Waals surface area contributed by atoms with Crippen molar-refractivity contribution >= 4 is 17.9 Å². The Balaban J connectivity index is 1.63. The van der Waals surface area contributed by atoms with Gasteiger partial charge < -0.3 is 20.2 Å². The van der Waals surface area contributed by atoms with Gasteiger partial charge in [0.15, 0.2) is 0 Å². The molecule has 2 aliphatic rings. The van der Waals surface area contributed by atoms with Gasteiger partial charge in [0, 0.05) is 25.6 Å². The average Bonchev–Trinajstić information content (AvgIpc) is 2.83. The van der Waals surface area contributed by atoms with Crippen LogP contribution in [-0.2, 0) is 22.6 Å². The Morgan fingerprint density at radius 1 is 0.912 bits per heavy atom. The van der Waals surface area contributed by atoms with Crippen molar-refractivity contribution in [3.63, 3.8) is 0 Å². The highest BCUT2D eigenvalue weighted by atomic mass is 16.4. The Labute approximate surface area is 200 Å². The first kappa shape index (κ1) is 23.8. The van der Waals surface area contributed by atoms with E-state index in [4.69, 9.17) is 0 Å². The number of rotatable bonds is 7. The van der Waals surface area contributed by atoms with Crippen LogP contribution in [0, 0.1) is 0 Å². The molecule has 34 heavy (non-hydrogen) atoms. The molecule has 3 amide bonds. The summed E-state index contributed by atoms with van der Waals surface area (Å²) in [6.45, 7) is 0.586. The van der Waals surface area contributed by atoms with E-state index in [1.54, 1.807) is 4.90 Å². The summed E-state index contributed by atoms with van der Waals surface area (Å²) in [4.78, 5) is 42.3. The van der Waals surface area contributed by atoms with Crippen LogP contribution < -0.4 is 5.32 Å². The molecule has 2 unspecified atom stereocenters. The van der Waals surface area contributed by atoms with Gasteiger partial charge in [-0.05, 0) is 24.0 Å². The van der Waals surface area contributed by atoms with Crippen LogP contribution >= 0.6 is 0 Å². The minimum Gasteiger partial charge on any atom is -0.481 e. The van der Waals surface area contributed by atoms with E-state index >= 15 is 0 Å². The summed E-state index contributed by atoms with van der Waals surface area (Å²) in [5.41, 5.74) is 1.91. The fraction of sp³-hybridized carbons (Fsp3) is 0.444. The lowest BCUT2D eigenvalue weighted by atomic mass is 9.94. The number of urea groups is 1. The second kappa shape index (κ2) is 11.2. The van der Waals surface area contributed by atoms with E-state index in [0.717, 1.165) is 36.8 Å². The number of carbonyl (C=O) groups excluding carboxylic acids is 2. The SMILES string of the molecule is O=C(O)CC1CN(Cc2ccccc2)C(=O)C(Cc2ccccc2)N1C(=O)NC1CCCCC1. The van der Waals surface area contributed by atoms with Crippen molar-refractivity contribution in [2.24, 2.45) is 0 Å². The fourth-order valence-corrected chi connectivity index (χ4v) is 5.15. The number of hydrogen-bond acceptors (Lipinski definition) is 3. The number of carbonyl (C=O) groups is 3. The van der Waals surface area contributed by atoms with Crippen LogP contribution in [0.2, 0.25) is 0 Å². The number of nitrogens with zero attached hydrogens (tertiary/aromatic N) is 2. The maximum absolute atomic E-state index is 13.7. The van der Waals surface area contributed by atoms with E-state index in [0.29, 0.717) is 13.0 Å². The van der Waals surface area contributed by atoms with Crippen LogP contribution in [-0.4, -0.2) is 57.5 Å². The Morgan fingerprint density at radius 2 is 1.53 bits per heavy atom. The third kappa shape index (κ3) is 5.95. The van der Waals surface area contributed by atoms with E-state index in [1.807, 2.05) is 60.7 Å². The highest BCUT2D eigenvalue weighted by molar-refractivity contribution is 5.89. The van der Waals surface area contributed by atoms with Crippen molar-refractivity contribution in [2.75, 3.05) is 6.54 Å². The minimum absolute atomic E-state index is 0.0709. The zero-order valence-electron chi connectivity index (χ0n) is 19.4. The molecule has 1 aliphatic carbocycles. The van der Waals surface area contributed by atoms with Crippen LogP contribution in [0.25, 0.3) is 0 Å². The summed E-state index contributed by atoms with van der Waals surface area (Å²) in [5.74, 6) is -1.12. The molecule has 2 N–H and O–H groups in total. The molecule has 2 atom stereocenters. The molecule has 180 valence electrons. The van der Waals surface area contributed by atoms with Gasteiger partial charge in [-0.25, -0.2) is 4.79 Å². The first-order valence-corrected chi connectivity index (χ1v) is 12.2. The van der Waals surface area contributed by atoms with Crippen LogP contribution in [0.3, 0.4) is 0 Å². The summed E-state index contributed by atoms with van der Waals surface area (Å²) in [7, 11) is 0. The first-order chi connectivity index (χ1) is 16.5. The monoisotopic (exact) mass is 463 g/mol. The second-order valence-electron chi connectivity index (χ2n) is 9.35. The number of carboxylic acid groups (broad SMARTS) is 1. The van der Waals surface area contributed by atoms with Crippen molar-refractivity contribution in [2.45, 2.75) is 69.6 Å². The quantitative estimate of drug-likeness (QED) is 0.653. The molecule has 0 bridgehead atoms. The zero-order chi connectivity index (χ0) is 23.9. The molecule has 2 fully saturated rings. The Bertz CT molecular complexity index is 976. The third-order valence-corrected chi connectivity index (χ3v) is 6.82. The van der Waals surface area contributed by atoms with Gasteiger partial charge >= 0.3 is 12.0 Å². The number of amides is 3. The van der Waals surface area contributed by atoms with Gasteiger partial charge in [-0.2, -0.15) is 0 Å². The van der Waals surface area contributed by atoms with Gasteiger partial charge in [-0.1, -0.05) is 79.9 Å². The first-order valence-electron chi connectivity index (χ1n) is 12.2. The van der Waals surface area contributed by atoms with Gasteiger partial charge in [0.05, 0.1) is 12.5 Å². The van der Waals surface area contributed by atoms with Crippen LogP contribution in [0.5, 0.6) is 0 Å². The molecule has 1 heterocycles. The lowest BCUT2D eigenvalue weighted by molar-refractivity contribution is -0.148. The second-order valence-corrected chi connectivity index (χ2v) is 9.35. The number of benzene rings is 2. The lowest BCUT2D eigenvalue weighted by Gasteiger charge is -2.46. The minimum atomic E-state index is -0.979. The molecule has 7 nitrogen and oxygen atoms in total. The summed E-state index contributed by atoms with van der Waals surface area (Å²) in [6.07, 6.45) is 5.28. The largest absolute Gasteiger partial charge is 0.481 e. The number of piperazine rings is 1.